The highest BCUT2D eigenvalue weighted by atomic mass is 16.5. The number of hydrogen-bond acceptors (Lipinski definition) is 6. The number of methoxy groups -OCH3 is 1. The van der Waals surface area contributed by atoms with Crippen LogP contribution in [0.2, 0.25) is 0 Å². The number of aryl methyl sites for hydroxylation is 1. The summed E-state index contributed by atoms with van der Waals surface area (Å²) in [6.45, 7) is 3.37. The lowest BCUT2D eigenvalue weighted by atomic mass is 10.1. The van der Waals surface area contributed by atoms with Crippen molar-refractivity contribution in [2.24, 2.45) is 0 Å². The minimum atomic E-state index is -0.672. The highest BCUT2D eigenvalue weighted by Gasteiger charge is 2.24. The molecule has 0 radical (unpaired) electrons. The Morgan fingerprint density at radius 1 is 0.868 bits per heavy atom. The normalized spacial score (nSPS) is 12.0. The van der Waals surface area contributed by atoms with Gasteiger partial charge < -0.3 is 19.0 Å². The van der Waals surface area contributed by atoms with E-state index in [9.17, 15) is 5.11 Å². The van der Waals surface area contributed by atoms with Crippen LogP contribution in [-0.2, 0) is 13.1 Å². The summed E-state index contributed by atoms with van der Waals surface area (Å²) in [6.07, 6.45) is 0.991. The second-order valence-corrected chi connectivity index (χ2v) is 9.04. The zero-order valence-electron chi connectivity index (χ0n) is 21.5. The molecular weight excluding hydrogens is 478 g/mol. The van der Waals surface area contributed by atoms with E-state index in [1.165, 1.54) is 0 Å². The maximum atomic E-state index is 11.1. The van der Waals surface area contributed by atoms with Gasteiger partial charge in [0.1, 0.15) is 5.76 Å². The molecule has 0 bridgehead atoms. The maximum absolute atomic E-state index is 11.1. The van der Waals surface area contributed by atoms with Crippen molar-refractivity contribution in [1.82, 2.24) is 14.7 Å². The summed E-state index contributed by atoms with van der Waals surface area (Å²) in [5.41, 5.74) is 3.48. The maximum Gasteiger partial charge on any atom is 0.227 e. The van der Waals surface area contributed by atoms with Crippen LogP contribution in [0, 0.1) is 6.92 Å². The molecule has 0 spiro atoms. The molecule has 3 aromatic carbocycles. The Balaban J connectivity index is 1.53. The average molecular weight is 510 g/mol. The third-order valence-corrected chi connectivity index (χ3v) is 6.37. The van der Waals surface area contributed by atoms with Crippen molar-refractivity contribution in [3.8, 4) is 23.1 Å². The summed E-state index contributed by atoms with van der Waals surface area (Å²) >= 11 is 0. The number of nitrogens with zero attached hydrogens (tertiary/aromatic N) is 3. The van der Waals surface area contributed by atoms with Gasteiger partial charge in [-0.15, -0.1) is 0 Å². The quantitative estimate of drug-likeness (QED) is 0.225. The molecule has 0 aliphatic rings. The van der Waals surface area contributed by atoms with Gasteiger partial charge in [-0.3, -0.25) is 4.90 Å². The molecule has 5 rings (SSSR count). The second kappa shape index (κ2) is 11.8. The van der Waals surface area contributed by atoms with Crippen molar-refractivity contribution in [3.05, 3.63) is 126 Å². The Kier molecular flexibility index (Phi) is 7.87. The van der Waals surface area contributed by atoms with Crippen LogP contribution in [0.3, 0.4) is 0 Å². The lowest BCUT2D eigenvalue weighted by molar-refractivity contribution is 0.0998. The summed E-state index contributed by atoms with van der Waals surface area (Å²) < 4.78 is 19.6. The largest absolute Gasteiger partial charge is 0.493 e. The molecule has 2 aromatic heterocycles. The summed E-state index contributed by atoms with van der Waals surface area (Å²) in [6, 6.07) is 30.9. The first-order valence-electron chi connectivity index (χ1n) is 12.5. The van der Waals surface area contributed by atoms with Crippen LogP contribution in [0.5, 0.6) is 17.4 Å². The zero-order valence-corrected chi connectivity index (χ0v) is 21.5. The van der Waals surface area contributed by atoms with E-state index in [1.807, 2.05) is 109 Å². The Hall–Kier alpha value is -4.33. The van der Waals surface area contributed by atoms with Gasteiger partial charge in [-0.1, -0.05) is 60.7 Å². The molecule has 1 atom stereocenters. The van der Waals surface area contributed by atoms with E-state index in [1.54, 1.807) is 13.4 Å². The third-order valence-electron chi connectivity index (χ3n) is 6.37. The number of para-hydroxylation sites is 3. The van der Waals surface area contributed by atoms with Crippen molar-refractivity contribution >= 4 is 0 Å². The van der Waals surface area contributed by atoms with Crippen molar-refractivity contribution in [1.29, 1.82) is 0 Å². The van der Waals surface area contributed by atoms with Gasteiger partial charge >= 0.3 is 0 Å². The van der Waals surface area contributed by atoms with Crippen molar-refractivity contribution in [2.45, 2.75) is 26.1 Å². The summed E-state index contributed by atoms with van der Waals surface area (Å²) in [7, 11) is 1.62. The number of aliphatic hydroxyl groups excluding tert-OH is 1. The molecule has 2 heterocycles. The average Bonchev–Trinajstić information content (AvgIpc) is 3.58. The Morgan fingerprint density at radius 3 is 2.24 bits per heavy atom. The number of ether oxygens (including phenoxy) is 2. The van der Waals surface area contributed by atoms with Crippen LogP contribution in [0.1, 0.15) is 28.7 Å². The molecule has 7 heteroatoms. The van der Waals surface area contributed by atoms with E-state index in [0.29, 0.717) is 37.0 Å². The van der Waals surface area contributed by atoms with Gasteiger partial charge in [-0.05, 0) is 48.9 Å². The highest BCUT2D eigenvalue weighted by molar-refractivity contribution is 5.47. The van der Waals surface area contributed by atoms with Crippen LogP contribution in [0.25, 0.3) is 5.69 Å². The molecule has 194 valence electrons. The van der Waals surface area contributed by atoms with Gasteiger partial charge in [0.05, 0.1) is 43.0 Å². The fourth-order valence-electron chi connectivity index (χ4n) is 4.43. The minimum Gasteiger partial charge on any atom is -0.493 e. The first-order valence-corrected chi connectivity index (χ1v) is 12.5. The van der Waals surface area contributed by atoms with Crippen LogP contribution < -0.4 is 9.47 Å². The molecule has 0 aliphatic carbocycles. The fourth-order valence-corrected chi connectivity index (χ4v) is 4.43. The molecule has 0 amide bonds. The van der Waals surface area contributed by atoms with Gasteiger partial charge in [0.15, 0.2) is 11.5 Å². The topological polar surface area (TPSA) is 72.9 Å². The molecule has 1 N–H and O–H groups in total. The third kappa shape index (κ3) is 5.80. The first-order chi connectivity index (χ1) is 18.6. The highest BCUT2D eigenvalue weighted by Crippen LogP contribution is 2.36. The number of furan rings is 1. The molecule has 0 saturated carbocycles. The number of rotatable bonds is 11. The lowest BCUT2D eigenvalue weighted by Gasteiger charge is -2.25. The number of aromatic nitrogens is 2. The molecular formula is C31H31N3O4. The van der Waals surface area contributed by atoms with E-state index >= 15 is 0 Å². The first kappa shape index (κ1) is 25.3. The smallest absolute Gasteiger partial charge is 0.227 e. The molecule has 0 saturated heterocycles. The molecule has 1 unspecified atom stereocenters. The zero-order chi connectivity index (χ0) is 26.3. The second-order valence-electron chi connectivity index (χ2n) is 9.04. The van der Waals surface area contributed by atoms with E-state index in [2.05, 4.69) is 4.90 Å². The van der Waals surface area contributed by atoms with Crippen molar-refractivity contribution in [2.75, 3.05) is 13.7 Å². The number of hydrogen-bond donors (Lipinski definition) is 1. The van der Waals surface area contributed by atoms with Crippen LogP contribution >= 0.6 is 0 Å². The van der Waals surface area contributed by atoms with Crippen LogP contribution in [0.4, 0.5) is 0 Å². The monoisotopic (exact) mass is 509 g/mol. The summed E-state index contributed by atoms with van der Waals surface area (Å²) in [4.78, 5) is 2.14. The fraction of sp³-hybridized carbons (Fsp3) is 0.194. The SMILES string of the molecule is COc1ccccc1Oc1c(CN(Cc2ccco2)CC(O)c2ccccc2)c(C)nn1-c1ccccc1. The van der Waals surface area contributed by atoms with Crippen molar-refractivity contribution in [3.63, 3.8) is 0 Å². The van der Waals surface area contributed by atoms with Gasteiger partial charge in [0, 0.05) is 13.1 Å². The van der Waals surface area contributed by atoms with Crippen molar-refractivity contribution < 1.29 is 19.0 Å². The van der Waals surface area contributed by atoms with E-state index in [0.717, 1.165) is 28.3 Å². The van der Waals surface area contributed by atoms with Gasteiger partial charge in [-0.2, -0.15) is 5.10 Å². The predicted octanol–water partition coefficient (Wildman–Crippen LogP) is 6.31. The Labute approximate surface area is 222 Å². The molecule has 5 aromatic rings. The molecule has 38 heavy (non-hydrogen) atoms. The standard InChI is InChI=1S/C31H31N3O4/c1-23-27(21-33(20-26-16-11-19-37-26)22-28(35)24-12-5-3-6-13-24)31(34(32-23)25-14-7-4-8-15-25)38-30-18-10-9-17-29(30)36-2/h3-19,28,35H,20-22H2,1-2H3. The molecule has 7 nitrogen and oxygen atoms in total. The number of aliphatic hydroxyl groups is 1. The van der Waals surface area contributed by atoms with E-state index in [-0.39, 0.29) is 0 Å². The predicted molar refractivity (Wildman–Crippen MR) is 146 cm³/mol. The summed E-state index contributed by atoms with van der Waals surface area (Å²) in [5, 5.41) is 15.9. The van der Waals surface area contributed by atoms with E-state index < -0.39 is 6.10 Å². The van der Waals surface area contributed by atoms with Gasteiger partial charge in [-0.25, -0.2) is 4.68 Å². The van der Waals surface area contributed by atoms with Crippen LogP contribution in [0.15, 0.2) is 108 Å². The van der Waals surface area contributed by atoms with Crippen LogP contribution in [-0.4, -0.2) is 33.4 Å². The minimum absolute atomic E-state index is 0.398. The molecule has 0 aliphatic heterocycles. The Bertz CT molecular complexity index is 1430. The molecule has 0 fully saturated rings. The lowest BCUT2D eigenvalue weighted by Crippen LogP contribution is -2.28. The van der Waals surface area contributed by atoms with E-state index in [4.69, 9.17) is 19.0 Å². The Morgan fingerprint density at radius 2 is 1.55 bits per heavy atom. The number of benzene rings is 3. The van der Waals surface area contributed by atoms with Gasteiger partial charge in [0.25, 0.3) is 0 Å². The summed E-state index contributed by atoms with van der Waals surface area (Å²) in [5.74, 6) is 2.63. The van der Waals surface area contributed by atoms with Gasteiger partial charge in [0.2, 0.25) is 5.88 Å².